The maximum absolute atomic E-state index is 11.9. The second kappa shape index (κ2) is 5.10. The summed E-state index contributed by atoms with van der Waals surface area (Å²) in [5.74, 6) is 1.00. The summed E-state index contributed by atoms with van der Waals surface area (Å²) < 4.78 is 0. The Morgan fingerprint density at radius 1 is 1.31 bits per heavy atom. The van der Waals surface area contributed by atoms with Gasteiger partial charge in [0.2, 0.25) is 5.91 Å². The van der Waals surface area contributed by atoms with Crippen molar-refractivity contribution in [2.75, 3.05) is 5.32 Å². The standard InChI is InChI=1S/C13H18N2O/c1-10-6-5-9-12(14-10)15-13(16)11-7-3-2-4-8-11/h5-6,9,11H,2-4,7-8H2,1H3,(H,14,15,16). The van der Waals surface area contributed by atoms with E-state index >= 15 is 0 Å². The van der Waals surface area contributed by atoms with Crippen LogP contribution < -0.4 is 5.32 Å². The summed E-state index contributed by atoms with van der Waals surface area (Å²) in [6.07, 6.45) is 5.68. The highest BCUT2D eigenvalue weighted by molar-refractivity contribution is 5.91. The quantitative estimate of drug-likeness (QED) is 0.829. The van der Waals surface area contributed by atoms with Gasteiger partial charge in [0.1, 0.15) is 5.82 Å². The Kier molecular flexibility index (Phi) is 3.54. The Morgan fingerprint density at radius 2 is 2.06 bits per heavy atom. The molecule has 1 saturated carbocycles. The number of carbonyl (C=O) groups is 1. The molecule has 0 bridgehead atoms. The summed E-state index contributed by atoms with van der Waals surface area (Å²) in [5.41, 5.74) is 0.932. The van der Waals surface area contributed by atoms with E-state index < -0.39 is 0 Å². The number of hydrogen-bond donors (Lipinski definition) is 1. The number of hydrogen-bond acceptors (Lipinski definition) is 2. The molecular weight excluding hydrogens is 200 g/mol. The smallest absolute Gasteiger partial charge is 0.228 e. The minimum atomic E-state index is 0.137. The largest absolute Gasteiger partial charge is 0.310 e. The second-order valence-corrected chi connectivity index (χ2v) is 4.49. The summed E-state index contributed by atoms with van der Waals surface area (Å²) in [4.78, 5) is 16.2. The molecule has 0 aliphatic heterocycles. The number of pyridine rings is 1. The lowest BCUT2D eigenvalue weighted by molar-refractivity contribution is -0.120. The Bertz CT molecular complexity index is 370. The molecule has 2 rings (SSSR count). The monoisotopic (exact) mass is 218 g/mol. The van der Waals surface area contributed by atoms with Gasteiger partial charge >= 0.3 is 0 Å². The van der Waals surface area contributed by atoms with Crippen LogP contribution in [-0.4, -0.2) is 10.9 Å². The fourth-order valence-corrected chi connectivity index (χ4v) is 2.21. The first-order valence-electron chi connectivity index (χ1n) is 6.00. The van der Waals surface area contributed by atoms with Gasteiger partial charge in [0.15, 0.2) is 0 Å². The van der Waals surface area contributed by atoms with Gasteiger partial charge in [-0.15, -0.1) is 0 Å². The lowest BCUT2D eigenvalue weighted by atomic mass is 9.89. The van der Waals surface area contributed by atoms with E-state index in [1.54, 1.807) is 0 Å². The van der Waals surface area contributed by atoms with Crippen molar-refractivity contribution in [1.29, 1.82) is 0 Å². The third-order valence-electron chi connectivity index (χ3n) is 3.12. The van der Waals surface area contributed by atoms with Crippen molar-refractivity contribution < 1.29 is 4.79 Å². The van der Waals surface area contributed by atoms with E-state index in [1.807, 2.05) is 25.1 Å². The van der Waals surface area contributed by atoms with Gasteiger partial charge in [0, 0.05) is 11.6 Å². The highest BCUT2D eigenvalue weighted by Crippen LogP contribution is 2.24. The lowest BCUT2D eigenvalue weighted by Gasteiger charge is -2.20. The molecule has 1 aromatic heterocycles. The molecule has 16 heavy (non-hydrogen) atoms. The Balaban J connectivity index is 1.96. The van der Waals surface area contributed by atoms with E-state index in [9.17, 15) is 4.79 Å². The first-order chi connectivity index (χ1) is 7.75. The van der Waals surface area contributed by atoms with E-state index in [2.05, 4.69) is 10.3 Å². The summed E-state index contributed by atoms with van der Waals surface area (Å²) >= 11 is 0. The number of aryl methyl sites for hydroxylation is 1. The van der Waals surface area contributed by atoms with Crippen molar-refractivity contribution in [2.24, 2.45) is 5.92 Å². The molecule has 0 saturated heterocycles. The van der Waals surface area contributed by atoms with Crippen LogP contribution >= 0.6 is 0 Å². The maximum atomic E-state index is 11.9. The van der Waals surface area contributed by atoms with Crippen LogP contribution in [0.4, 0.5) is 5.82 Å². The minimum Gasteiger partial charge on any atom is -0.310 e. The fourth-order valence-electron chi connectivity index (χ4n) is 2.21. The lowest BCUT2D eigenvalue weighted by Crippen LogP contribution is -2.25. The topological polar surface area (TPSA) is 42.0 Å². The minimum absolute atomic E-state index is 0.137. The zero-order valence-corrected chi connectivity index (χ0v) is 9.70. The number of amides is 1. The predicted octanol–water partition coefficient (Wildman–Crippen LogP) is 2.91. The first-order valence-corrected chi connectivity index (χ1v) is 6.00. The average Bonchev–Trinajstić information content (AvgIpc) is 2.30. The fraction of sp³-hybridized carbons (Fsp3) is 0.538. The molecule has 0 radical (unpaired) electrons. The highest BCUT2D eigenvalue weighted by atomic mass is 16.1. The summed E-state index contributed by atoms with van der Waals surface area (Å²) in [6.45, 7) is 1.93. The molecule has 1 aliphatic rings. The molecule has 1 N–H and O–H groups in total. The van der Waals surface area contributed by atoms with Crippen LogP contribution in [0, 0.1) is 12.8 Å². The van der Waals surface area contributed by atoms with Crippen LogP contribution in [0.15, 0.2) is 18.2 Å². The molecule has 1 aromatic rings. The van der Waals surface area contributed by atoms with Gasteiger partial charge < -0.3 is 5.32 Å². The van der Waals surface area contributed by atoms with Crippen LogP contribution in [-0.2, 0) is 4.79 Å². The van der Waals surface area contributed by atoms with E-state index in [-0.39, 0.29) is 11.8 Å². The van der Waals surface area contributed by atoms with Crippen LogP contribution in [0.3, 0.4) is 0 Å². The Labute approximate surface area is 96.3 Å². The molecule has 0 atom stereocenters. The van der Waals surface area contributed by atoms with Crippen molar-refractivity contribution in [3.63, 3.8) is 0 Å². The van der Waals surface area contributed by atoms with Crippen LogP contribution in [0.1, 0.15) is 37.8 Å². The predicted molar refractivity (Wildman–Crippen MR) is 64.2 cm³/mol. The number of anilines is 1. The Morgan fingerprint density at radius 3 is 2.75 bits per heavy atom. The molecule has 0 unspecified atom stereocenters. The van der Waals surface area contributed by atoms with E-state index in [0.29, 0.717) is 5.82 Å². The SMILES string of the molecule is Cc1cccc(NC(=O)C2CCCCC2)n1. The van der Waals surface area contributed by atoms with Gasteiger partial charge in [0.05, 0.1) is 0 Å². The molecule has 1 aliphatic carbocycles. The van der Waals surface area contributed by atoms with E-state index in [0.717, 1.165) is 18.5 Å². The van der Waals surface area contributed by atoms with Gasteiger partial charge in [-0.2, -0.15) is 0 Å². The molecule has 1 fully saturated rings. The van der Waals surface area contributed by atoms with Gasteiger partial charge in [0.25, 0.3) is 0 Å². The van der Waals surface area contributed by atoms with E-state index in [1.165, 1.54) is 19.3 Å². The molecule has 0 spiro atoms. The first kappa shape index (κ1) is 11.1. The molecule has 3 nitrogen and oxygen atoms in total. The number of nitrogens with one attached hydrogen (secondary N) is 1. The van der Waals surface area contributed by atoms with Crippen LogP contribution in [0.2, 0.25) is 0 Å². The van der Waals surface area contributed by atoms with Gasteiger partial charge in [-0.05, 0) is 31.9 Å². The normalized spacial score (nSPS) is 17.1. The van der Waals surface area contributed by atoms with Crippen molar-refractivity contribution in [2.45, 2.75) is 39.0 Å². The second-order valence-electron chi connectivity index (χ2n) is 4.49. The zero-order chi connectivity index (χ0) is 11.4. The van der Waals surface area contributed by atoms with Gasteiger partial charge in [-0.1, -0.05) is 25.3 Å². The van der Waals surface area contributed by atoms with Crippen LogP contribution in [0.25, 0.3) is 0 Å². The Hall–Kier alpha value is -1.38. The van der Waals surface area contributed by atoms with Gasteiger partial charge in [-0.25, -0.2) is 4.98 Å². The molecule has 3 heteroatoms. The summed E-state index contributed by atoms with van der Waals surface area (Å²) in [5, 5.41) is 2.90. The van der Waals surface area contributed by atoms with Gasteiger partial charge in [-0.3, -0.25) is 4.79 Å². The zero-order valence-electron chi connectivity index (χ0n) is 9.70. The molecule has 1 heterocycles. The number of nitrogens with zero attached hydrogens (tertiary/aromatic N) is 1. The molecule has 1 amide bonds. The van der Waals surface area contributed by atoms with Crippen molar-refractivity contribution in [3.8, 4) is 0 Å². The maximum Gasteiger partial charge on any atom is 0.228 e. The summed E-state index contributed by atoms with van der Waals surface area (Å²) in [7, 11) is 0. The number of aromatic nitrogens is 1. The molecule has 86 valence electrons. The average molecular weight is 218 g/mol. The van der Waals surface area contributed by atoms with Crippen molar-refractivity contribution in [3.05, 3.63) is 23.9 Å². The molecule has 0 aromatic carbocycles. The van der Waals surface area contributed by atoms with E-state index in [4.69, 9.17) is 0 Å². The third-order valence-corrected chi connectivity index (χ3v) is 3.12. The van der Waals surface area contributed by atoms with Crippen molar-refractivity contribution in [1.82, 2.24) is 4.98 Å². The third kappa shape index (κ3) is 2.81. The molecular formula is C13H18N2O. The summed E-state index contributed by atoms with van der Waals surface area (Å²) in [6, 6.07) is 5.68. The highest BCUT2D eigenvalue weighted by Gasteiger charge is 2.21. The number of rotatable bonds is 2. The van der Waals surface area contributed by atoms with Crippen LogP contribution in [0.5, 0.6) is 0 Å². The number of carbonyl (C=O) groups excluding carboxylic acids is 1. The van der Waals surface area contributed by atoms with Crippen molar-refractivity contribution >= 4 is 11.7 Å².